The highest BCUT2D eigenvalue weighted by Gasteiger charge is 2.48. The molecule has 0 saturated carbocycles. The Hall–Kier alpha value is -2.04. The minimum atomic E-state index is -0.691. The van der Waals surface area contributed by atoms with Crippen LogP contribution in [0.15, 0.2) is 24.3 Å². The number of amides is 2. The van der Waals surface area contributed by atoms with E-state index in [1.807, 2.05) is 25.8 Å². The number of likely N-dealkylation sites (tertiary alicyclic amines) is 1. The lowest BCUT2D eigenvalue weighted by Gasteiger charge is -2.39. The Bertz CT molecular complexity index is 856. The van der Waals surface area contributed by atoms with Gasteiger partial charge in [0.2, 0.25) is 11.8 Å². The number of rotatable bonds is 4. The van der Waals surface area contributed by atoms with Gasteiger partial charge in [-0.2, -0.15) is 5.53 Å². The fraction of sp³-hybridized carbons (Fsp3) is 0.652. The van der Waals surface area contributed by atoms with Gasteiger partial charge in [-0.05, 0) is 16.5 Å². The molecule has 3 heterocycles. The van der Waals surface area contributed by atoms with E-state index in [0.29, 0.717) is 6.54 Å². The Morgan fingerprint density at radius 3 is 2.69 bits per heavy atom. The predicted octanol–water partition coefficient (Wildman–Crippen LogP) is -0.311. The van der Waals surface area contributed by atoms with Gasteiger partial charge < -0.3 is 20.6 Å². The van der Waals surface area contributed by atoms with Crippen molar-refractivity contribution in [3.63, 3.8) is 0 Å². The number of benzene rings is 1. The maximum atomic E-state index is 13.7. The fourth-order valence-corrected chi connectivity index (χ4v) is 5.36. The summed E-state index contributed by atoms with van der Waals surface area (Å²) in [7, 11) is 1.56. The topological polar surface area (TPSA) is 109 Å². The van der Waals surface area contributed by atoms with Crippen LogP contribution in [0, 0.1) is 5.41 Å². The first-order chi connectivity index (χ1) is 15.2. The van der Waals surface area contributed by atoms with Crippen molar-refractivity contribution >= 4 is 11.8 Å². The molecule has 3 aliphatic rings. The normalized spacial score (nSPS) is 29.6. The highest BCUT2D eigenvalue weighted by Crippen LogP contribution is 2.33. The summed E-state index contributed by atoms with van der Waals surface area (Å²) >= 11 is 0. The summed E-state index contributed by atoms with van der Waals surface area (Å²) < 4.78 is 0. The molecule has 9 heteroatoms. The molecule has 176 valence electrons. The van der Waals surface area contributed by atoms with E-state index in [-0.39, 0.29) is 42.2 Å². The van der Waals surface area contributed by atoms with Gasteiger partial charge >= 0.3 is 0 Å². The minimum Gasteiger partial charge on any atom is -0.391 e. The molecule has 3 aliphatic heterocycles. The van der Waals surface area contributed by atoms with Crippen LogP contribution < -0.4 is 21.6 Å². The summed E-state index contributed by atoms with van der Waals surface area (Å²) in [5.74, 6) is -0.0991. The number of aliphatic hydroxyl groups is 1. The molecular formula is C23H36N6O3. The fourth-order valence-electron chi connectivity index (χ4n) is 5.36. The Balaban J connectivity index is 1.54. The third-order valence-corrected chi connectivity index (χ3v) is 6.88. The van der Waals surface area contributed by atoms with Crippen molar-refractivity contribution < 1.29 is 14.7 Å². The minimum absolute atomic E-state index is 0.125. The Labute approximate surface area is 189 Å². The smallest absolute Gasteiger partial charge is 0.242 e. The summed E-state index contributed by atoms with van der Waals surface area (Å²) in [6.07, 6.45) is -0.426. The Morgan fingerprint density at radius 1 is 1.22 bits per heavy atom. The number of nitrogens with zero attached hydrogens (tertiary/aromatic N) is 2. The molecule has 32 heavy (non-hydrogen) atoms. The summed E-state index contributed by atoms with van der Waals surface area (Å²) in [6.45, 7) is 8.66. The molecule has 4 rings (SSSR count). The zero-order valence-corrected chi connectivity index (χ0v) is 19.4. The quantitative estimate of drug-likeness (QED) is 0.433. The summed E-state index contributed by atoms with van der Waals surface area (Å²) in [5, 5.41) is 18.3. The third-order valence-electron chi connectivity index (χ3n) is 6.88. The second kappa shape index (κ2) is 9.07. The number of fused-ring (bicyclic) bond motifs is 1. The molecule has 2 fully saturated rings. The first-order valence-electron chi connectivity index (χ1n) is 11.5. The number of aliphatic hydroxyl groups excluding tert-OH is 1. The first-order valence-corrected chi connectivity index (χ1v) is 11.5. The number of hydrogen-bond acceptors (Lipinski definition) is 7. The molecule has 0 aromatic heterocycles. The number of carbonyl (C=O) groups is 2. The van der Waals surface area contributed by atoms with Gasteiger partial charge in [0.1, 0.15) is 12.1 Å². The predicted molar refractivity (Wildman–Crippen MR) is 121 cm³/mol. The van der Waals surface area contributed by atoms with Crippen LogP contribution >= 0.6 is 0 Å². The average molecular weight is 445 g/mol. The van der Waals surface area contributed by atoms with E-state index in [9.17, 15) is 14.7 Å². The van der Waals surface area contributed by atoms with Crippen molar-refractivity contribution in [1.82, 2.24) is 31.5 Å². The van der Waals surface area contributed by atoms with Gasteiger partial charge in [-0.25, -0.2) is 10.4 Å². The zero-order chi connectivity index (χ0) is 23.0. The molecule has 9 nitrogen and oxygen atoms in total. The third kappa shape index (κ3) is 4.40. The number of hydrazine groups is 2. The van der Waals surface area contributed by atoms with Crippen LogP contribution in [0.2, 0.25) is 0 Å². The number of hydrogen-bond donors (Lipinski definition) is 5. The van der Waals surface area contributed by atoms with E-state index in [1.165, 1.54) is 11.1 Å². The lowest BCUT2D eigenvalue weighted by atomic mass is 9.83. The van der Waals surface area contributed by atoms with Crippen LogP contribution in [0.25, 0.3) is 0 Å². The first kappa shape index (κ1) is 23.1. The van der Waals surface area contributed by atoms with Crippen LogP contribution in [-0.4, -0.2) is 77.7 Å². The molecule has 5 atom stereocenters. The number of nitrogens with one attached hydrogen (secondary N) is 4. The molecule has 0 aliphatic carbocycles. The largest absolute Gasteiger partial charge is 0.391 e. The lowest BCUT2D eigenvalue weighted by Crippen LogP contribution is -2.60. The van der Waals surface area contributed by atoms with Crippen LogP contribution in [-0.2, 0) is 16.1 Å². The van der Waals surface area contributed by atoms with Crippen molar-refractivity contribution in [2.24, 2.45) is 5.41 Å². The van der Waals surface area contributed by atoms with Gasteiger partial charge in [0.25, 0.3) is 0 Å². The highest BCUT2D eigenvalue weighted by molar-refractivity contribution is 5.90. The lowest BCUT2D eigenvalue weighted by molar-refractivity contribution is -0.147. The van der Waals surface area contributed by atoms with Crippen LogP contribution in [0.1, 0.15) is 44.2 Å². The molecule has 5 N–H and O–H groups in total. The SMILES string of the molecule is CNC(=O)[C@@H]1C[C@@H](O)CN1C(=O)[C@@H](N1CC(C2CNCc3ccccc32)NN1)C(C)(C)C. The number of likely N-dealkylation sites (N-methyl/N-ethyl adjacent to an activating group) is 1. The van der Waals surface area contributed by atoms with E-state index >= 15 is 0 Å². The summed E-state index contributed by atoms with van der Waals surface area (Å²) in [4.78, 5) is 27.7. The molecular weight excluding hydrogens is 408 g/mol. The second-order valence-corrected chi connectivity index (χ2v) is 10.2. The number of carbonyl (C=O) groups excluding carboxylic acids is 2. The van der Waals surface area contributed by atoms with Gasteiger partial charge in [-0.3, -0.25) is 9.59 Å². The van der Waals surface area contributed by atoms with Crippen molar-refractivity contribution in [2.75, 3.05) is 26.7 Å². The second-order valence-electron chi connectivity index (χ2n) is 10.2. The van der Waals surface area contributed by atoms with Crippen molar-refractivity contribution in [2.45, 2.75) is 63.9 Å². The van der Waals surface area contributed by atoms with Crippen LogP contribution in [0.4, 0.5) is 0 Å². The van der Waals surface area contributed by atoms with E-state index < -0.39 is 18.2 Å². The number of β-amino-alcohol motifs (C(OH)–C–C–N with tert-alkyl or cyclic N) is 1. The van der Waals surface area contributed by atoms with Crippen molar-refractivity contribution in [3.05, 3.63) is 35.4 Å². The molecule has 0 radical (unpaired) electrons. The van der Waals surface area contributed by atoms with E-state index in [2.05, 4.69) is 45.9 Å². The molecule has 1 aromatic rings. The average Bonchev–Trinajstić information content (AvgIpc) is 3.38. The molecule has 0 spiro atoms. The maximum Gasteiger partial charge on any atom is 0.242 e. The van der Waals surface area contributed by atoms with E-state index in [0.717, 1.165) is 13.1 Å². The molecule has 2 unspecified atom stereocenters. The Morgan fingerprint density at radius 2 is 1.97 bits per heavy atom. The van der Waals surface area contributed by atoms with E-state index in [1.54, 1.807) is 11.9 Å². The molecule has 0 bridgehead atoms. The van der Waals surface area contributed by atoms with Gasteiger partial charge in [-0.1, -0.05) is 45.0 Å². The molecule has 2 amide bonds. The van der Waals surface area contributed by atoms with Crippen LogP contribution in [0.5, 0.6) is 0 Å². The Kier molecular flexibility index (Phi) is 6.56. The maximum absolute atomic E-state index is 13.7. The zero-order valence-electron chi connectivity index (χ0n) is 19.4. The highest BCUT2D eigenvalue weighted by atomic mass is 16.3. The molecule has 1 aromatic carbocycles. The summed E-state index contributed by atoms with van der Waals surface area (Å²) in [5.41, 5.74) is 8.93. The molecule has 2 saturated heterocycles. The monoisotopic (exact) mass is 444 g/mol. The van der Waals surface area contributed by atoms with E-state index in [4.69, 9.17) is 0 Å². The van der Waals surface area contributed by atoms with Gasteiger partial charge in [0.15, 0.2) is 0 Å². The van der Waals surface area contributed by atoms with Crippen molar-refractivity contribution in [1.29, 1.82) is 0 Å². The van der Waals surface area contributed by atoms with Gasteiger partial charge in [-0.15, -0.1) is 0 Å². The van der Waals surface area contributed by atoms with Gasteiger partial charge in [0.05, 0.1) is 6.10 Å². The van der Waals surface area contributed by atoms with Crippen molar-refractivity contribution in [3.8, 4) is 0 Å². The summed E-state index contributed by atoms with van der Waals surface area (Å²) in [6, 6.07) is 7.48. The van der Waals surface area contributed by atoms with Gasteiger partial charge in [0, 0.05) is 51.6 Å². The van der Waals surface area contributed by atoms with Crippen LogP contribution in [0.3, 0.4) is 0 Å². The standard InChI is InChI=1S/C23H36N6O3/c1-23(2,3)20(22(32)28-12-15(30)9-19(28)21(31)24-4)29-13-18(26-27-29)17-11-25-10-14-7-5-6-8-16(14)17/h5-8,15,17-20,25-27,30H,9-13H2,1-4H3,(H,24,31)/t15-,17?,18?,19+,20-/m1/s1.